The summed E-state index contributed by atoms with van der Waals surface area (Å²) >= 11 is 0. The molecule has 12 rings (SSSR count). The van der Waals surface area contributed by atoms with Gasteiger partial charge in [-0.05, 0) is 64.4 Å². The summed E-state index contributed by atoms with van der Waals surface area (Å²) in [6, 6.07) is 65.8. The van der Waals surface area contributed by atoms with Crippen molar-refractivity contribution in [3.05, 3.63) is 188 Å². The van der Waals surface area contributed by atoms with Crippen LogP contribution in [0.3, 0.4) is 0 Å². The average molecular weight is 718 g/mol. The lowest BCUT2D eigenvalue weighted by atomic mass is 9.95. The second-order valence-corrected chi connectivity index (χ2v) is 14.4. The third-order valence-electron chi connectivity index (χ3n) is 11.2. The van der Waals surface area contributed by atoms with Gasteiger partial charge in [-0.25, -0.2) is 0 Å². The molecule has 0 aliphatic heterocycles. The van der Waals surface area contributed by atoms with E-state index in [1.807, 2.05) is 24.3 Å². The van der Waals surface area contributed by atoms with Crippen molar-refractivity contribution >= 4 is 93.7 Å². The molecule has 0 saturated carbocycles. The number of nitrogens with zero attached hydrogens (tertiary/aromatic N) is 1. The third kappa shape index (κ3) is 4.53. The number of furan rings is 3. The molecule has 0 spiro atoms. The van der Waals surface area contributed by atoms with Gasteiger partial charge in [-0.2, -0.15) is 0 Å². The Bertz CT molecular complexity index is 3500. The number of hydrogen-bond donors (Lipinski definition) is 0. The van der Waals surface area contributed by atoms with Crippen molar-refractivity contribution in [2.24, 2.45) is 0 Å². The standard InChI is InChI=1S/C52H31NO3/c1-2-15-33(16-3-1)36-18-6-9-23-42(36)53(43-24-12-21-38-37-19-7-10-26-45(37)55-50(38)43)44-25-13-22-39-41-31-47-49(40-20-8-11-27-46(40)54-47)48(52(41)56-51(39)44)35-29-28-32-14-4-5-17-34(32)30-35/h1-31H. The van der Waals surface area contributed by atoms with Crippen LogP contribution in [0.25, 0.3) is 98.8 Å². The molecular formula is C52H31NO3. The van der Waals surface area contributed by atoms with Gasteiger partial charge >= 0.3 is 0 Å². The lowest BCUT2D eigenvalue weighted by Crippen LogP contribution is -2.11. The van der Waals surface area contributed by atoms with Gasteiger partial charge in [0.05, 0.1) is 17.1 Å². The van der Waals surface area contributed by atoms with Crippen LogP contribution in [-0.4, -0.2) is 0 Å². The largest absolute Gasteiger partial charge is 0.456 e. The molecule has 0 atom stereocenters. The van der Waals surface area contributed by atoms with Crippen LogP contribution in [0.5, 0.6) is 0 Å². The number of rotatable bonds is 5. The van der Waals surface area contributed by atoms with Gasteiger partial charge in [0.2, 0.25) is 0 Å². The van der Waals surface area contributed by atoms with Crippen LogP contribution in [0.4, 0.5) is 17.1 Å². The quantitative estimate of drug-likeness (QED) is 0.178. The van der Waals surface area contributed by atoms with Crippen molar-refractivity contribution < 1.29 is 13.3 Å². The van der Waals surface area contributed by atoms with E-state index in [0.717, 1.165) is 105 Å². The van der Waals surface area contributed by atoms with E-state index in [1.54, 1.807) is 0 Å². The van der Waals surface area contributed by atoms with Crippen molar-refractivity contribution in [3.63, 3.8) is 0 Å². The van der Waals surface area contributed by atoms with E-state index in [9.17, 15) is 0 Å². The Morgan fingerprint density at radius 3 is 1.75 bits per heavy atom. The first-order valence-electron chi connectivity index (χ1n) is 18.9. The minimum atomic E-state index is 0.775. The molecule has 0 N–H and O–H groups in total. The molecule has 0 radical (unpaired) electrons. The topological polar surface area (TPSA) is 42.7 Å². The predicted octanol–water partition coefficient (Wildman–Crippen LogP) is 15.3. The van der Waals surface area contributed by atoms with Gasteiger partial charge in [-0.15, -0.1) is 0 Å². The summed E-state index contributed by atoms with van der Waals surface area (Å²) in [6.45, 7) is 0. The van der Waals surface area contributed by atoms with Gasteiger partial charge in [0.1, 0.15) is 22.3 Å². The fourth-order valence-electron chi connectivity index (χ4n) is 8.75. The number of para-hydroxylation sites is 5. The third-order valence-corrected chi connectivity index (χ3v) is 11.2. The van der Waals surface area contributed by atoms with E-state index in [0.29, 0.717) is 0 Å². The van der Waals surface area contributed by atoms with Gasteiger partial charge in [-0.3, -0.25) is 0 Å². The van der Waals surface area contributed by atoms with Crippen LogP contribution < -0.4 is 4.90 Å². The Morgan fingerprint density at radius 2 is 0.929 bits per heavy atom. The fourth-order valence-corrected chi connectivity index (χ4v) is 8.75. The Hall–Kier alpha value is -7.56. The summed E-state index contributed by atoms with van der Waals surface area (Å²) in [4.78, 5) is 2.31. The van der Waals surface area contributed by atoms with Gasteiger partial charge < -0.3 is 18.2 Å². The molecule has 0 fully saturated rings. The van der Waals surface area contributed by atoms with Crippen molar-refractivity contribution in [1.82, 2.24) is 0 Å². The smallest absolute Gasteiger partial charge is 0.159 e. The first-order valence-corrected chi connectivity index (χ1v) is 18.9. The van der Waals surface area contributed by atoms with Crippen molar-refractivity contribution in [1.29, 1.82) is 0 Å². The maximum Gasteiger partial charge on any atom is 0.159 e. The molecule has 262 valence electrons. The molecule has 56 heavy (non-hydrogen) atoms. The van der Waals surface area contributed by atoms with E-state index in [4.69, 9.17) is 13.3 Å². The van der Waals surface area contributed by atoms with Gasteiger partial charge in [0.25, 0.3) is 0 Å². The Labute approximate surface area is 321 Å². The highest BCUT2D eigenvalue weighted by molar-refractivity contribution is 6.25. The van der Waals surface area contributed by atoms with Gasteiger partial charge in [-0.1, -0.05) is 146 Å². The molecule has 4 heteroatoms. The second kappa shape index (κ2) is 12.0. The summed E-state index contributed by atoms with van der Waals surface area (Å²) in [7, 11) is 0. The molecule has 12 aromatic rings. The summed E-state index contributed by atoms with van der Waals surface area (Å²) < 4.78 is 20.7. The number of hydrogen-bond acceptors (Lipinski definition) is 4. The zero-order chi connectivity index (χ0) is 36.7. The van der Waals surface area contributed by atoms with Crippen LogP contribution in [0.2, 0.25) is 0 Å². The summed E-state index contributed by atoms with van der Waals surface area (Å²) in [5.74, 6) is 0. The first kappa shape index (κ1) is 30.9. The SMILES string of the molecule is c1ccc(-c2ccccc2N(c2cccc3c2oc2ccccc23)c2cccc3c2oc2c(-c4ccc5ccccc5c4)c4c(cc23)oc2ccccc24)cc1. The van der Waals surface area contributed by atoms with Crippen LogP contribution in [0.1, 0.15) is 0 Å². The number of benzene rings is 9. The molecule has 3 heterocycles. The zero-order valence-electron chi connectivity index (χ0n) is 30.1. The van der Waals surface area contributed by atoms with Crippen LogP contribution in [0, 0.1) is 0 Å². The molecule has 0 bridgehead atoms. The highest BCUT2D eigenvalue weighted by atomic mass is 16.3. The Kier molecular flexibility index (Phi) is 6.60. The van der Waals surface area contributed by atoms with Crippen LogP contribution >= 0.6 is 0 Å². The Balaban J connectivity index is 1.20. The van der Waals surface area contributed by atoms with Gasteiger partial charge in [0.15, 0.2) is 11.2 Å². The summed E-state index contributed by atoms with van der Waals surface area (Å²) in [5, 5.41) is 8.60. The number of anilines is 3. The van der Waals surface area contributed by atoms with Crippen LogP contribution in [0.15, 0.2) is 201 Å². The molecule has 4 nitrogen and oxygen atoms in total. The van der Waals surface area contributed by atoms with E-state index in [-0.39, 0.29) is 0 Å². The fraction of sp³-hybridized carbons (Fsp3) is 0. The highest BCUT2D eigenvalue weighted by Gasteiger charge is 2.27. The van der Waals surface area contributed by atoms with Crippen LogP contribution in [-0.2, 0) is 0 Å². The van der Waals surface area contributed by atoms with E-state index in [1.165, 1.54) is 10.8 Å². The maximum atomic E-state index is 7.33. The molecule has 3 aromatic heterocycles. The molecule has 0 saturated heterocycles. The lowest BCUT2D eigenvalue weighted by molar-refractivity contribution is 0.664. The monoisotopic (exact) mass is 717 g/mol. The van der Waals surface area contributed by atoms with E-state index < -0.39 is 0 Å². The average Bonchev–Trinajstić information content (AvgIpc) is 3.95. The summed E-state index contributed by atoms with van der Waals surface area (Å²) in [5.41, 5.74) is 12.1. The minimum absolute atomic E-state index is 0.775. The van der Waals surface area contributed by atoms with Gasteiger partial charge in [0, 0.05) is 43.4 Å². The molecule has 9 aromatic carbocycles. The minimum Gasteiger partial charge on any atom is -0.456 e. The number of fused-ring (bicyclic) bond motifs is 10. The highest BCUT2D eigenvalue weighted by Crippen LogP contribution is 2.51. The summed E-state index contributed by atoms with van der Waals surface area (Å²) in [6.07, 6.45) is 0. The molecule has 0 amide bonds. The molecule has 0 aliphatic carbocycles. The normalized spacial score (nSPS) is 11.9. The van der Waals surface area contributed by atoms with Crippen molar-refractivity contribution in [2.45, 2.75) is 0 Å². The molecule has 0 unspecified atom stereocenters. The van der Waals surface area contributed by atoms with Crippen molar-refractivity contribution in [3.8, 4) is 22.3 Å². The van der Waals surface area contributed by atoms with Crippen molar-refractivity contribution in [2.75, 3.05) is 4.90 Å². The molecular weight excluding hydrogens is 687 g/mol. The second-order valence-electron chi connectivity index (χ2n) is 14.4. The van der Waals surface area contributed by atoms with E-state index >= 15 is 0 Å². The predicted molar refractivity (Wildman–Crippen MR) is 231 cm³/mol. The maximum absolute atomic E-state index is 7.33. The zero-order valence-corrected chi connectivity index (χ0v) is 30.1. The molecule has 0 aliphatic rings. The lowest BCUT2D eigenvalue weighted by Gasteiger charge is -2.28. The first-order chi connectivity index (χ1) is 27.8. The van der Waals surface area contributed by atoms with E-state index in [2.05, 4.69) is 169 Å². The Morgan fingerprint density at radius 1 is 0.321 bits per heavy atom.